The number of rotatable bonds is 4. The molecule has 3 heterocycles. The van der Waals surface area contributed by atoms with E-state index in [0.717, 1.165) is 27.6 Å². The zero-order valence-electron chi connectivity index (χ0n) is 19.8. The number of benzene rings is 1. The van der Waals surface area contributed by atoms with Crippen molar-refractivity contribution >= 4 is 37.7 Å². The summed E-state index contributed by atoms with van der Waals surface area (Å²) < 4.78 is 48.9. The van der Waals surface area contributed by atoms with Crippen molar-refractivity contribution in [2.45, 2.75) is 25.8 Å². The Morgan fingerprint density at radius 2 is 1.94 bits per heavy atom. The average molecular weight is 537 g/mol. The molecule has 1 N–H and O–H groups in total. The molecule has 1 unspecified atom stereocenters. The molecule has 0 radical (unpaired) electrons. The quantitative estimate of drug-likeness (QED) is 0.566. The van der Waals surface area contributed by atoms with Crippen molar-refractivity contribution in [1.29, 1.82) is 0 Å². The molecule has 2 aliphatic rings. The third-order valence-corrected chi connectivity index (χ3v) is 7.34. The summed E-state index contributed by atoms with van der Waals surface area (Å²) >= 11 is 3.57. The predicted molar refractivity (Wildman–Crippen MR) is 133 cm³/mol. The molecule has 4 rings (SSSR count). The maximum atomic E-state index is 15.4. The first-order valence-electron chi connectivity index (χ1n) is 11.1. The molecule has 2 aromatic rings. The zero-order valence-corrected chi connectivity index (χ0v) is 21.4. The fraction of sp³-hybridized carbons (Fsp3) is 0.400. The molecule has 182 valence electrons. The Balaban J connectivity index is 1.65. The van der Waals surface area contributed by atoms with Gasteiger partial charge < -0.3 is 14.8 Å². The Labute approximate surface area is 206 Å². The van der Waals surface area contributed by atoms with Gasteiger partial charge in [-0.2, -0.15) is 8.78 Å². The van der Waals surface area contributed by atoms with E-state index in [1.807, 2.05) is 30.7 Å². The highest BCUT2D eigenvalue weighted by Gasteiger charge is 2.43. The number of aromatic nitrogens is 1. The summed E-state index contributed by atoms with van der Waals surface area (Å²) in [5.74, 6) is -3.50. The molecule has 1 amide bonds. The van der Waals surface area contributed by atoms with Crippen LogP contribution < -0.4 is 5.32 Å². The van der Waals surface area contributed by atoms with Crippen molar-refractivity contribution in [2.75, 3.05) is 39.0 Å². The topological polar surface area (TPSA) is 40.5 Å². The number of hydrogen-bond donors (Lipinski definition) is 1. The minimum absolute atomic E-state index is 0.125. The Morgan fingerprint density at radius 1 is 1.24 bits per heavy atom. The second-order valence-electron chi connectivity index (χ2n) is 9.10. The molecular formula is C25H28BrF3N4O. The average Bonchev–Trinajstić information content (AvgIpc) is 3.10. The molecule has 0 saturated carbocycles. The van der Waals surface area contributed by atoms with Crippen LogP contribution in [0.25, 0.3) is 10.1 Å². The van der Waals surface area contributed by atoms with E-state index in [2.05, 4.69) is 21.2 Å². The van der Waals surface area contributed by atoms with E-state index in [4.69, 9.17) is 0 Å². The SMILES string of the molecule is Cc1cc(C(=O)N(C)C)cc(F)c1C1=CCN(C(C)c2cc3c(n2C)NCC=C3Br)CC1(F)F. The van der Waals surface area contributed by atoms with E-state index < -0.39 is 18.3 Å². The van der Waals surface area contributed by atoms with Crippen LogP contribution in [-0.4, -0.2) is 59.9 Å². The van der Waals surface area contributed by atoms with Gasteiger partial charge >= 0.3 is 0 Å². The number of carbonyl (C=O) groups excluding carboxylic acids is 1. The van der Waals surface area contributed by atoms with E-state index >= 15 is 13.2 Å². The first-order valence-corrected chi connectivity index (χ1v) is 11.9. The number of nitrogens with zero attached hydrogens (tertiary/aromatic N) is 3. The number of anilines is 1. The van der Waals surface area contributed by atoms with Crippen molar-refractivity contribution in [1.82, 2.24) is 14.4 Å². The second-order valence-corrected chi connectivity index (χ2v) is 9.96. The lowest BCUT2D eigenvalue weighted by Crippen LogP contribution is -2.43. The monoisotopic (exact) mass is 536 g/mol. The molecule has 5 nitrogen and oxygen atoms in total. The largest absolute Gasteiger partial charge is 0.367 e. The van der Waals surface area contributed by atoms with Gasteiger partial charge in [-0.15, -0.1) is 0 Å². The maximum Gasteiger partial charge on any atom is 0.286 e. The molecule has 1 aromatic carbocycles. The van der Waals surface area contributed by atoms with E-state index in [9.17, 15) is 4.79 Å². The number of fused-ring (bicyclic) bond motifs is 1. The number of halogens is 4. The standard InChI is InChI=1S/C25H28BrF3N4O/c1-14-10-16(24(34)31(3)4)11-20(27)22(14)18-7-9-33(13-25(18,28)29)15(2)21-12-17-19(26)6-8-30-23(17)32(21)5/h6-7,10-12,15,30H,8-9,13H2,1-5H3. The first kappa shape index (κ1) is 24.6. The van der Waals surface area contributed by atoms with Crippen LogP contribution in [0.2, 0.25) is 0 Å². The van der Waals surface area contributed by atoms with Gasteiger partial charge in [0.2, 0.25) is 0 Å². The number of carbonyl (C=O) groups is 1. The second kappa shape index (κ2) is 8.92. The molecule has 0 aliphatic carbocycles. The number of amides is 1. The first-order chi connectivity index (χ1) is 15.9. The lowest BCUT2D eigenvalue weighted by atomic mass is 9.90. The molecule has 1 atom stereocenters. The molecule has 9 heteroatoms. The normalized spacial score (nSPS) is 18.5. The van der Waals surface area contributed by atoms with E-state index in [-0.39, 0.29) is 35.2 Å². The molecular weight excluding hydrogens is 509 g/mol. The Hall–Kier alpha value is -2.52. The van der Waals surface area contributed by atoms with Gasteiger partial charge in [0, 0.05) is 72.7 Å². The summed E-state index contributed by atoms with van der Waals surface area (Å²) in [5, 5.41) is 3.33. The maximum absolute atomic E-state index is 15.4. The Kier molecular flexibility index (Phi) is 6.46. The minimum Gasteiger partial charge on any atom is -0.367 e. The van der Waals surface area contributed by atoms with Crippen LogP contribution in [0.5, 0.6) is 0 Å². The van der Waals surface area contributed by atoms with Gasteiger partial charge in [-0.3, -0.25) is 9.69 Å². The highest BCUT2D eigenvalue weighted by atomic mass is 79.9. The highest BCUT2D eigenvalue weighted by molar-refractivity contribution is 9.15. The smallest absolute Gasteiger partial charge is 0.286 e. The fourth-order valence-electron chi connectivity index (χ4n) is 4.76. The van der Waals surface area contributed by atoms with E-state index in [1.165, 1.54) is 17.0 Å². The van der Waals surface area contributed by atoms with Gasteiger partial charge in [0.25, 0.3) is 11.8 Å². The molecule has 0 spiro atoms. The molecule has 2 aliphatic heterocycles. The summed E-state index contributed by atoms with van der Waals surface area (Å²) in [6, 6.07) is 4.24. The number of hydrogen-bond acceptors (Lipinski definition) is 3. The van der Waals surface area contributed by atoms with Crippen LogP contribution in [0.4, 0.5) is 19.0 Å². The van der Waals surface area contributed by atoms with Crippen LogP contribution >= 0.6 is 15.9 Å². The highest BCUT2D eigenvalue weighted by Crippen LogP contribution is 2.42. The van der Waals surface area contributed by atoms with Crippen molar-refractivity contribution in [3.05, 3.63) is 64.1 Å². The van der Waals surface area contributed by atoms with Crippen molar-refractivity contribution in [2.24, 2.45) is 7.05 Å². The molecule has 0 bridgehead atoms. The summed E-state index contributed by atoms with van der Waals surface area (Å²) in [6.45, 7) is 3.88. The summed E-state index contributed by atoms with van der Waals surface area (Å²) in [4.78, 5) is 15.2. The van der Waals surface area contributed by atoms with Gasteiger partial charge in [-0.1, -0.05) is 28.1 Å². The third kappa shape index (κ3) is 4.20. The summed E-state index contributed by atoms with van der Waals surface area (Å²) in [7, 11) is 5.04. The fourth-order valence-corrected chi connectivity index (χ4v) is 5.23. The third-order valence-electron chi connectivity index (χ3n) is 6.59. The van der Waals surface area contributed by atoms with Crippen molar-refractivity contribution in [3.63, 3.8) is 0 Å². The van der Waals surface area contributed by atoms with Gasteiger partial charge in [0.1, 0.15) is 11.6 Å². The van der Waals surface area contributed by atoms with Crippen LogP contribution in [0.1, 0.15) is 45.7 Å². The molecule has 0 fully saturated rings. The minimum atomic E-state index is -3.26. The van der Waals surface area contributed by atoms with Gasteiger partial charge in [-0.05, 0) is 37.6 Å². The number of nitrogens with one attached hydrogen (secondary N) is 1. The van der Waals surface area contributed by atoms with Crippen LogP contribution in [0.15, 0.2) is 30.4 Å². The summed E-state index contributed by atoms with van der Waals surface area (Å²) in [5.41, 5.74) is 1.91. The summed E-state index contributed by atoms with van der Waals surface area (Å²) in [6.07, 6.45) is 3.44. The predicted octanol–water partition coefficient (Wildman–Crippen LogP) is 5.43. The van der Waals surface area contributed by atoms with E-state index in [0.29, 0.717) is 12.1 Å². The number of aryl methyl sites for hydroxylation is 1. The molecule has 34 heavy (non-hydrogen) atoms. The Morgan fingerprint density at radius 3 is 2.53 bits per heavy atom. The van der Waals surface area contributed by atoms with Gasteiger partial charge in [0.05, 0.1) is 6.54 Å². The zero-order chi connectivity index (χ0) is 24.9. The Bertz CT molecular complexity index is 1190. The van der Waals surface area contributed by atoms with Crippen LogP contribution in [0, 0.1) is 12.7 Å². The van der Waals surface area contributed by atoms with E-state index in [1.54, 1.807) is 25.9 Å². The molecule has 1 aromatic heterocycles. The van der Waals surface area contributed by atoms with Crippen molar-refractivity contribution < 1.29 is 18.0 Å². The number of alkyl halides is 2. The lowest BCUT2D eigenvalue weighted by molar-refractivity contribution is 0.00585. The van der Waals surface area contributed by atoms with Crippen molar-refractivity contribution in [3.8, 4) is 0 Å². The van der Waals surface area contributed by atoms with Gasteiger partial charge in [0.15, 0.2) is 0 Å². The lowest BCUT2D eigenvalue weighted by Gasteiger charge is -2.37. The van der Waals surface area contributed by atoms with Crippen LogP contribution in [-0.2, 0) is 7.05 Å². The van der Waals surface area contributed by atoms with Crippen LogP contribution in [0.3, 0.4) is 0 Å². The molecule has 0 saturated heterocycles. The van der Waals surface area contributed by atoms with Gasteiger partial charge in [-0.25, -0.2) is 4.39 Å².